The molecule has 7 nitrogen and oxygen atoms in total. The molecule has 0 atom stereocenters. The fourth-order valence-corrected chi connectivity index (χ4v) is 1.10. The van der Waals surface area contributed by atoms with Gasteiger partial charge in [-0.05, 0) is 26.3 Å². The van der Waals surface area contributed by atoms with Crippen molar-refractivity contribution in [1.82, 2.24) is 4.98 Å². The Labute approximate surface area is 104 Å². The number of carboxylic acid groups (broad SMARTS) is 1. The van der Waals surface area contributed by atoms with Crippen LogP contribution in [-0.2, 0) is 0 Å². The van der Waals surface area contributed by atoms with Crippen LogP contribution in [0.3, 0.4) is 0 Å². The molecule has 0 saturated heterocycles. The minimum absolute atomic E-state index is 0.272. The van der Waals surface area contributed by atoms with Gasteiger partial charge < -0.3 is 9.84 Å². The Morgan fingerprint density at radius 3 is 2.61 bits per heavy atom. The van der Waals surface area contributed by atoms with Crippen LogP contribution in [0.4, 0.5) is 5.69 Å². The molecular formula is C11H14N2O5. The van der Waals surface area contributed by atoms with Crippen LogP contribution in [0.5, 0.6) is 5.88 Å². The van der Waals surface area contributed by atoms with Crippen molar-refractivity contribution in [2.24, 2.45) is 0 Å². The lowest BCUT2D eigenvalue weighted by molar-refractivity contribution is -0.386. The number of carboxylic acids is 1. The zero-order valence-corrected chi connectivity index (χ0v) is 10.3. The lowest BCUT2D eigenvalue weighted by atomic mass is 10.1. The largest absolute Gasteiger partial charge is 0.477 e. The Kier molecular flexibility index (Phi) is 3.85. The molecule has 1 rings (SSSR count). The first kappa shape index (κ1) is 13.9. The molecule has 0 unspecified atom stereocenters. The number of ether oxygens (including phenoxy) is 1. The summed E-state index contributed by atoms with van der Waals surface area (Å²) in [5, 5.41) is 19.6. The van der Waals surface area contributed by atoms with Gasteiger partial charge in [-0.3, -0.25) is 10.1 Å². The fraction of sp³-hybridized carbons (Fsp3) is 0.455. The Bertz CT molecular complexity index is 484. The highest BCUT2D eigenvalue weighted by Gasteiger charge is 2.26. The van der Waals surface area contributed by atoms with E-state index in [1.807, 2.05) is 6.92 Å². The highest BCUT2D eigenvalue weighted by molar-refractivity contribution is 5.85. The van der Waals surface area contributed by atoms with Gasteiger partial charge in [-0.1, -0.05) is 6.92 Å². The number of hydrogen-bond acceptors (Lipinski definition) is 5. The first-order valence-corrected chi connectivity index (χ1v) is 5.34. The predicted molar refractivity (Wildman–Crippen MR) is 62.8 cm³/mol. The van der Waals surface area contributed by atoms with Crippen LogP contribution in [0, 0.1) is 10.1 Å². The van der Waals surface area contributed by atoms with Crippen LogP contribution >= 0.6 is 0 Å². The fourth-order valence-electron chi connectivity index (χ4n) is 1.10. The van der Waals surface area contributed by atoms with Gasteiger partial charge in [-0.25, -0.2) is 9.78 Å². The first-order chi connectivity index (χ1) is 8.26. The second-order valence-corrected chi connectivity index (χ2v) is 4.30. The third-order valence-electron chi connectivity index (χ3n) is 2.48. The molecule has 1 N–H and O–H groups in total. The van der Waals surface area contributed by atoms with Crippen LogP contribution in [0.2, 0.25) is 0 Å². The van der Waals surface area contributed by atoms with E-state index in [4.69, 9.17) is 9.84 Å². The summed E-state index contributed by atoms with van der Waals surface area (Å²) in [4.78, 5) is 24.6. The minimum Gasteiger partial charge on any atom is -0.477 e. The number of rotatable bonds is 5. The van der Waals surface area contributed by atoms with Gasteiger partial charge in [0.05, 0.1) is 4.92 Å². The second-order valence-electron chi connectivity index (χ2n) is 4.30. The van der Waals surface area contributed by atoms with E-state index < -0.39 is 16.5 Å². The van der Waals surface area contributed by atoms with Crippen molar-refractivity contribution in [2.45, 2.75) is 32.8 Å². The highest BCUT2D eigenvalue weighted by atomic mass is 16.6. The van der Waals surface area contributed by atoms with Gasteiger partial charge in [0.2, 0.25) is 0 Å². The third kappa shape index (κ3) is 3.16. The molecule has 1 aromatic rings. The molecule has 7 heteroatoms. The van der Waals surface area contributed by atoms with Crippen molar-refractivity contribution in [1.29, 1.82) is 0 Å². The van der Waals surface area contributed by atoms with Crippen LogP contribution in [-0.4, -0.2) is 26.6 Å². The Morgan fingerprint density at radius 1 is 1.56 bits per heavy atom. The number of hydrogen-bond donors (Lipinski definition) is 1. The van der Waals surface area contributed by atoms with E-state index >= 15 is 0 Å². The van der Waals surface area contributed by atoms with Gasteiger partial charge in [0.15, 0.2) is 5.69 Å². The molecule has 98 valence electrons. The van der Waals surface area contributed by atoms with Crippen LogP contribution in [0.25, 0.3) is 0 Å². The van der Waals surface area contributed by atoms with Crippen LogP contribution < -0.4 is 4.74 Å². The number of aromatic carboxylic acids is 1. The Morgan fingerprint density at radius 2 is 2.17 bits per heavy atom. The summed E-state index contributed by atoms with van der Waals surface area (Å²) in [5.41, 5.74) is -1.29. The van der Waals surface area contributed by atoms with Gasteiger partial charge >= 0.3 is 11.7 Å². The van der Waals surface area contributed by atoms with Gasteiger partial charge in [0, 0.05) is 6.07 Å². The maximum absolute atomic E-state index is 10.8. The highest BCUT2D eigenvalue weighted by Crippen LogP contribution is 2.29. The zero-order valence-electron chi connectivity index (χ0n) is 10.3. The standard InChI is InChI=1S/C11H14N2O5/c1-4-11(2,3)18-9-8(13(16)17)6-5-7(12-9)10(14)15/h5-6H,4H2,1-3H3,(H,14,15). The molecule has 0 radical (unpaired) electrons. The average molecular weight is 254 g/mol. The lowest BCUT2D eigenvalue weighted by Crippen LogP contribution is -2.28. The van der Waals surface area contributed by atoms with E-state index in [0.717, 1.165) is 12.1 Å². The van der Waals surface area contributed by atoms with Crippen LogP contribution in [0.1, 0.15) is 37.7 Å². The Balaban J connectivity index is 3.24. The second kappa shape index (κ2) is 4.99. The number of nitro groups is 1. The van der Waals surface area contributed by atoms with E-state index in [1.54, 1.807) is 13.8 Å². The molecular weight excluding hydrogens is 240 g/mol. The summed E-state index contributed by atoms with van der Waals surface area (Å²) in [5.74, 6) is -1.53. The molecule has 0 fully saturated rings. The molecule has 0 spiro atoms. The van der Waals surface area contributed by atoms with E-state index in [-0.39, 0.29) is 17.3 Å². The number of nitrogens with zero attached hydrogens (tertiary/aromatic N) is 2. The van der Waals surface area contributed by atoms with Crippen molar-refractivity contribution >= 4 is 11.7 Å². The molecule has 1 heterocycles. The number of pyridine rings is 1. The quantitative estimate of drug-likeness (QED) is 0.638. The van der Waals surface area contributed by atoms with Gasteiger partial charge in [0.25, 0.3) is 5.88 Å². The van der Waals surface area contributed by atoms with Crippen molar-refractivity contribution in [3.05, 3.63) is 27.9 Å². The SMILES string of the molecule is CCC(C)(C)Oc1nc(C(=O)O)ccc1[N+](=O)[O-]. The maximum atomic E-state index is 10.8. The monoisotopic (exact) mass is 254 g/mol. The zero-order chi connectivity index (χ0) is 13.9. The Hall–Kier alpha value is -2.18. The molecule has 0 aliphatic heterocycles. The lowest BCUT2D eigenvalue weighted by Gasteiger charge is -2.23. The topological polar surface area (TPSA) is 103 Å². The molecule has 0 aromatic carbocycles. The summed E-state index contributed by atoms with van der Waals surface area (Å²) in [6, 6.07) is 2.16. The van der Waals surface area contributed by atoms with Gasteiger partial charge in [0.1, 0.15) is 5.60 Å². The molecule has 18 heavy (non-hydrogen) atoms. The van der Waals surface area contributed by atoms with Crippen LogP contribution in [0.15, 0.2) is 12.1 Å². The summed E-state index contributed by atoms with van der Waals surface area (Å²) >= 11 is 0. The maximum Gasteiger partial charge on any atom is 0.354 e. The normalized spacial score (nSPS) is 11.1. The van der Waals surface area contributed by atoms with E-state index in [9.17, 15) is 14.9 Å². The summed E-state index contributed by atoms with van der Waals surface area (Å²) in [7, 11) is 0. The van der Waals surface area contributed by atoms with E-state index in [1.165, 1.54) is 0 Å². The van der Waals surface area contributed by atoms with Crippen molar-refractivity contribution in [3.63, 3.8) is 0 Å². The number of carbonyl (C=O) groups is 1. The van der Waals surface area contributed by atoms with E-state index in [0.29, 0.717) is 6.42 Å². The third-order valence-corrected chi connectivity index (χ3v) is 2.48. The molecule has 0 amide bonds. The molecule has 0 aliphatic carbocycles. The van der Waals surface area contributed by atoms with Crippen molar-refractivity contribution in [3.8, 4) is 5.88 Å². The van der Waals surface area contributed by atoms with Gasteiger partial charge in [-0.15, -0.1) is 0 Å². The summed E-state index contributed by atoms with van der Waals surface area (Å²) in [6.45, 7) is 5.34. The minimum atomic E-state index is -1.26. The predicted octanol–water partition coefficient (Wildman–Crippen LogP) is 2.26. The molecule has 0 aliphatic rings. The van der Waals surface area contributed by atoms with Gasteiger partial charge in [-0.2, -0.15) is 0 Å². The summed E-state index contributed by atoms with van der Waals surface area (Å²) in [6.07, 6.45) is 0.600. The summed E-state index contributed by atoms with van der Waals surface area (Å²) < 4.78 is 5.42. The number of aromatic nitrogens is 1. The van der Waals surface area contributed by atoms with E-state index in [2.05, 4.69) is 4.98 Å². The smallest absolute Gasteiger partial charge is 0.354 e. The molecule has 1 aromatic heterocycles. The first-order valence-electron chi connectivity index (χ1n) is 5.34. The van der Waals surface area contributed by atoms with Crippen molar-refractivity contribution < 1.29 is 19.6 Å². The molecule has 0 saturated carbocycles. The average Bonchev–Trinajstić information content (AvgIpc) is 2.28. The molecule has 0 bridgehead atoms. The van der Waals surface area contributed by atoms with Crippen molar-refractivity contribution in [2.75, 3.05) is 0 Å².